The first kappa shape index (κ1) is 13.8. The summed E-state index contributed by atoms with van der Waals surface area (Å²) in [6, 6.07) is 14.3. The van der Waals surface area contributed by atoms with Gasteiger partial charge in [-0.25, -0.2) is 0 Å². The van der Waals surface area contributed by atoms with Crippen LogP contribution in [0.1, 0.15) is 17.5 Å². The van der Waals surface area contributed by atoms with Gasteiger partial charge in [0.25, 0.3) is 0 Å². The largest absolute Gasteiger partial charge is 0.399 e. The van der Waals surface area contributed by atoms with Crippen LogP contribution in [0.15, 0.2) is 47.4 Å². The molecule has 100 valence electrons. The van der Waals surface area contributed by atoms with Gasteiger partial charge in [0.05, 0.1) is 0 Å². The Bertz CT molecular complexity index is 552. The highest BCUT2D eigenvalue weighted by molar-refractivity contribution is 7.99. The van der Waals surface area contributed by atoms with E-state index in [1.807, 2.05) is 42.1 Å². The molecule has 0 heterocycles. The maximum Gasteiger partial charge on any atom is 0.0452 e. The molecule has 0 unspecified atom stereocenters. The predicted molar refractivity (Wildman–Crippen MR) is 85.5 cm³/mol. The molecule has 0 atom stereocenters. The Morgan fingerprint density at radius 3 is 2.68 bits per heavy atom. The summed E-state index contributed by atoms with van der Waals surface area (Å²) in [5, 5.41) is 0. The van der Waals surface area contributed by atoms with Crippen molar-refractivity contribution in [2.24, 2.45) is 0 Å². The molecule has 0 saturated carbocycles. The van der Waals surface area contributed by atoms with Gasteiger partial charge in [-0.1, -0.05) is 18.2 Å². The molecule has 0 bridgehead atoms. The predicted octanol–water partition coefficient (Wildman–Crippen LogP) is 3.88. The van der Waals surface area contributed by atoms with Crippen molar-refractivity contribution in [2.45, 2.75) is 24.7 Å². The van der Waals surface area contributed by atoms with Crippen molar-refractivity contribution >= 4 is 23.1 Å². The first-order chi connectivity index (χ1) is 9.15. The Hall–Kier alpha value is -1.61. The average Bonchev–Trinajstić information content (AvgIpc) is 2.39. The van der Waals surface area contributed by atoms with Crippen LogP contribution in [0.4, 0.5) is 11.4 Å². The first-order valence-electron chi connectivity index (χ1n) is 6.48. The summed E-state index contributed by atoms with van der Waals surface area (Å²) in [5.74, 6) is 1.07. The maximum absolute atomic E-state index is 5.97. The number of aryl methyl sites for hydroxylation is 2. The number of hydrogen-bond donors (Lipinski definition) is 2. The fourth-order valence-corrected chi connectivity index (χ4v) is 2.99. The Morgan fingerprint density at radius 1 is 1.05 bits per heavy atom. The monoisotopic (exact) mass is 272 g/mol. The molecule has 3 heteroatoms. The van der Waals surface area contributed by atoms with Gasteiger partial charge in [0.2, 0.25) is 0 Å². The lowest BCUT2D eigenvalue weighted by Crippen LogP contribution is -1.93. The molecule has 0 radical (unpaired) electrons. The minimum absolute atomic E-state index is 0.841. The van der Waals surface area contributed by atoms with E-state index in [0.29, 0.717) is 0 Å². The molecule has 0 spiro atoms. The Kier molecular flexibility index (Phi) is 4.74. The molecule has 0 amide bonds. The van der Waals surface area contributed by atoms with Crippen LogP contribution in [0.5, 0.6) is 0 Å². The normalized spacial score (nSPS) is 10.6. The zero-order valence-corrected chi connectivity index (χ0v) is 12.0. The van der Waals surface area contributed by atoms with E-state index in [2.05, 4.69) is 19.1 Å². The van der Waals surface area contributed by atoms with Crippen LogP contribution in [-0.4, -0.2) is 5.75 Å². The van der Waals surface area contributed by atoms with Gasteiger partial charge in [0.15, 0.2) is 0 Å². The van der Waals surface area contributed by atoms with E-state index in [-0.39, 0.29) is 0 Å². The Labute approximate surface area is 119 Å². The van der Waals surface area contributed by atoms with Crippen LogP contribution >= 0.6 is 11.8 Å². The van der Waals surface area contributed by atoms with E-state index in [1.54, 1.807) is 0 Å². The van der Waals surface area contributed by atoms with E-state index in [9.17, 15) is 0 Å². The van der Waals surface area contributed by atoms with Gasteiger partial charge in [0, 0.05) is 16.3 Å². The van der Waals surface area contributed by atoms with Crippen molar-refractivity contribution in [1.82, 2.24) is 0 Å². The maximum atomic E-state index is 5.97. The minimum atomic E-state index is 0.841. The van der Waals surface area contributed by atoms with Crippen molar-refractivity contribution in [3.63, 3.8) is 0 Å². The average molecular weight is 272 g/mol. The van der Waals surface area contributed by atoms with Crippen molar-refractivity contribution < 1.29 is 0 Å². The molecule has 19 heavy (non-hydrogen) atoms. The molecular weight excluding hydrogens is 252 g/mol. The summed E-state index contributed by atoms with van der Waals surface area (Å²) in [4.78, 5) is 1.19. The SMILES string of the molecule is Cc1ccc(N)c(SCCCc2cccc(N)c2)c1. The topological polar surface area (TPSA) is 52.0 Å². The third kappa shape index (κ3) is 4.21. The third-order valence-corrected chi connectivity index (χ3v) is 4.14. The van der Waals surface area contributed by atoms with Gasteiger partial charge in [-0.05, 0) is 60.9 Å². The smallest absolute Gasteiger partial charge is 0.0452 e. The molecule has 2 aromatic carbocycles. The lowest BCUT2D eigenvalue weighted by atomic mass is 10.1. The van der Waals surface area contributed by atoms with Crippen LogP contribution in [0.2, 0.25) is 0 Å². The molecule has 4 N–H and O–H groups in total. The second kappa shape index (κ2) is 6.53. The number of anilines is 2. The molecule has 0 aromatic heterocycles. The van der Waals surface area contributed by atoms with Crippen molar-refractivity contribution in [3.8, 4) is 0 Å². The van der Waals surface area contributed by atoms with E-state index in [4.69, 9.17) is 11.5 Å². The number of rotatable bonds is 5. The standard InChI is InChI=1S/C16H20N2S/c1-12-7-8-15(18)16(10-12)19-9-3-5-13-4-2-6-14(17)11-13/h2,4,6-8,10-11H,3,5,9,17-18H2,1H3. The number of hydrogen-bond acceptors (Lipinski definition) is 3. The number of benzene rings is 2. The van der Waals surface area contributed by atoms with Gasteiger partial charge in [-0.3, -0.25) is 0 Å². The highest BCUT2D eigenvalue weighted by Crippen LogP contribution is 2.26. The molecule has 0 fully saturated rings. The molecule has 0 aliphatic carbocycles. The van der Waals surface area contributed by atoms with E-state index in [1.165, 1.54) is 16.0 Å². The first-order valence-corrected chi connectivity index (χ1v) is 7.47. The summed E-state index contributed by atoms with van der Waals surface area (Å²) in [7, 11) is 0. The molecular formula is C16H20N2S. The van der Waals surface area contributed by atoms with Crippen LogP contribution < -0.4 is 11.5 Å². The molecule has 2 aromatic rings. The molecule has 0 saturated heterocycles. The highest BCUT2D eigenvalue weighted by atomic mass is 32.2. The summed E-state index contributed by atoms with van der Waals surface area (Å²) in [5.41, 5.74) is 16.0. The summed E-state index contributed by atoms with van der Waals surface area (Å²) in [6.45, 7) is 2.09. The van der Waals surface area contributed by atoms with E-state index >= 15 is 0 Å². The van der Waals surface area contributed by atoms with Crippen molar-refractivity contribution in [2.75, 3.05) is 17.2 Å². The summed E-state index contributed by atoms with van der Waals surface area (Å²) in [6.07, 6.45) is 2.19. The molecule has 0 aliphatic heterocycles. The van der Waals surface area contributed by atoms with Crippen LogP contribution in [0.3, 0.4) is 0 Å². The lowest BCUT2D eigenvalue weighted by molar-refractivity contribution is 0.933. The third-order valence-electron chi connectivity index (χ3n) is 2.99. The van der Waals surface area contributed by atoms with Crippen LogP contribution in [0, 0.1) is 6.92 Å². The molecule has 2 rings (SSSR count). The van der Waals surface area contributed by atoms with Gasteiger partial charge >= 0.3 is 0 Å². The highest BCUT2D eigenvalue weighted by Gasteiger charge is 2.01. The second-order valence-corrected chi connectivity index (χ2v) is 5.88. The molecule has 2 nitrogen and oxygen atoms in total. The second-order valence-electron chi connectivity index (χ2n) is 4.74. The number of nitrogens with two attached hydrogens (primary N) is 2. The fraction of sp³-hybridized carbons (Fsp3) is 0.250. The zero-order valence-electron chi connectivity index (χ0n) is 11.2. The Morgan fingerprint density at radius 2 is 1.89 bits per heavy atom. The van der Waals surface area contributed by atoms with E-state index < -0.39 is 0 Å². The zero-order chi connectivity index (χ0) is 13.7. The van der Waals surface area contributed by atoms with Gasteiger partial charge in [-0.2, -0.15) is 0 Å². The van der Waals surface area contributed by atoms with Crippen molar-refractivity contribution in [1.29, 1.82) is 0 Å². The van der Waals surface area contributed by atoms with E-state index in [0.717, 1.165) is 30.0 Å². The van der Waals surface area contributed by atoms with Gasteiger partial charge in [0.1, 0.15) is 0 Å². The fourth-order valence-electron chi connectivity index (χ4n) is 1.97. The Balaban J connectivity index is 1.82. The summed E-state index contributed by atoms with van der Waals surface area (Å²) < 4.78 is 0. The van der Waals surface area contributed by atoms with Gasteiger partial charge in [-0.15, -0.1) is 11.8 Å². The number of nitrogen functional groups attached to an aromatic ring is 2. The van der Waals surface area contributed by atoms with Crippen LogP contribution in [-0.2, 0) is 6.42 Å². The minimum Gasteiger partial charge on any atom is -0.399 e. The quantitative estimate of drug-likeness (QED) is 0.493. The number of thioether (sulfide) groups is 1. The lowest BCUT2D eigenvalue weighted by Gasteiger charge is -2.07. The van der Waals surface area contributed by atoms with Crippen LogP contribution in [0.25, 0.3) is 0 Å². The van der Waals surface area contributed by atoms with Gasteiger partial charge < -0.3 is 11.5 Å². The summed E-state index contributed by atoms with van der Waals surface area (Å²) >= 11 is 1.83. The van der Waals surface area contributed by atoms with Crippen molar-refractivity contribution in [3.05, 3.63) is 53.6 Å². The molecule has 0 aliphatic rings.